The summed E-state index contributed by atoms with van der Waals surface area (Å²) in [6.07, 6.45) is 0. The minimum absolute atomic E-state index is 0.0753. The number of hydrogen-bond donors (Lipinski definition) is 0. The molecule has 2 aromatic carbocycles. The number of pyridine rings is 1. The number of rotatable bonds is 1. The predicted molar refractivity (Wildman–Crippen MR) is 105 cm³/mol. The van der Waals surface area contributed by atoms with Crippen LogP contribution in [-0.2, 0) is 9.59 Å². The van der Waals surface area contributed by atoms with Crippen LogP contribution in [0.15, 0.2) is 66.7 Å². The van der Waals surface area contributed by atoms with Crippen molar-refractivity contribution in [1.82, 2.24) is 4.98 Å². The molecule has 0 radical (unpaired) electrons. The number of nitrogens with zero attached hydrogens (tertiary/aromatic N) is 2. The van der Waals surface area contributed by atoms with E-state index in [0.29, 0.717) is 5.82 Å². The fourth-order valence-electron chi connectivity index (χ4n) is 5.56. The van der Waals surface area contributed by atoms with Crippen LogP contribution < -0.4 is 4.90 Å². The Morgan fingerprint density at radius 1 is 0.679 bits per heavy atom. The second-order valence-corrected chi connectivity index (χ2v) is 7.91. The van der Waals surface area contributed by atoms with Gasteiger partial charge < -0.3 is 0 Å². The van der Waals surface area contributed by atoms with Crippen LogP contribution in [-0.4, -0.2) is 16.8 Å². The van der Waals surface area contributed by atoms with E-state index in [9.17, 15) is 9.59 Å². The lowest BCUT2D eigenvalue weighted by molar-refractivity contribution is -0.122. The van der Waals surface area contributed by atoms with Crippen LogP contribution in [0.5, 0.6) is 0 Å². The van der Waals surface area contributed by atoms with Crippen LogP contribution in [0.2, 0.25) is 0 Å². The fraction of sp³-hybridized carbons (Fsp3) is 0.208. The van der Waals surface area contributed by atoms with Gasteiger partial charge in [0.1, 0.15) is 5.82 Å². The highest BCUT2D eigenvalue weighted by Gasteiger charge is 2.61. The molecule has 0 saturated carbocycles. The summed E-state index contributed by atoms with van der Waals surface area (Å²) in [7, 11) is 0. The van der Waals surface area contributed by atoms with Gasteiger partial charge in [0, 0.05) is 17.5 Å². The van der Waals surface area contributed by atoms with E-state index in [1.807, 2.05) is 43.3 Å². The van der Waals surface area contributed by atoms with E-state index in [2.05, 4.69) is 29.2 Å². The summed E-state index contributed by atoms with van der Waals surface area (Å²) >= 11 is 0. The Morgan fingerprint density at radius 2 is 1.14 bits per heavy atom. The van der Waals surface area contributed by atoms with Crippen molar-refractivity contribution in [2.75, 3.05) is 4.90 Å². The summed E-state index contributed by atoms with van der Waals surface area (Å²) < 4.78 is 0. The first-order chi connectivity index (χ1) is 13.7. The van der Waals surface area contributed by atoms with Crippen LogP contribution in [0.1, 0.15) is 39.8 Å². The number of imide groups is 1. The van der Waals surface area contributed by atoms with Gasteiger partial charge in [0.2, 0.25) is 11.8 Å². The summed E-state index contributed by atoms with van der Waals surface area (Å²) in [6, 6.07) is 22.0. The maximum Gasteiger partial charge on any atom is 0.239 e. The molecule has 136 valence electrons. The molecule has 2 bridgehead atoms. The van der Waals surface area contributed by atoms with Crippen molar-refractivity contribution < 1.29 is 9.59 Å². The van der Waals surface area contributed by atoms with Crippen molar-refractivity contribution in [1.29, 1.82) is 0 Å². The number of aryl methyl sites for hydroxylation is 1. The topological polar surface area (TPSA) is 50.3 Å². The van der Waals surface area contributed by atoms with Crippen molar-refractivity contribution in [3.63, 3.8) is 0 Å². The quantitative estimate of drug-likeness (QED) is 0.616. The van der Waals surface area contributed by atoms with Gasteiger partial charge in [0.05, 0.1) is 11.8 Å². The second-order valence-electron chi connectivity index (χ2n) is 7.91. The lowest BCUT2D eigenvalue weighted by Crippen LogP contribution is -2.41. The predicted octanol–water partition coefficient (Wildman–Crippen LogP) is 3.79. The molecule has 0 unspecified atom stereocenters. The van der Waals surface area contributed by atoms with E-state index in [1.165, 1.54) is 27.2 Å². The molecule has 2 atom stereocenters. The van der Waals surface area contributed by atoms with E-state index in [-0.39, 0.29) is 35.5 Å². The first-order valence-corrected chi connectivity index (χ1v) is 9.66. The van der Waals surface area contributed by atoms with Crippen molar-refractivity contribution in [2.45, 2.75) is 18.8 Å². The van der Waals surface area contributed by atoms with E-state index in [4.69, 9.17) is 0 Å². The minimum Gasteiger partial charge on any atom is -0.274 e. The van der Waals surface area contributed by atoms with Crippen molar-refractivity contribution in [3.05, 3.63) is 94.7 Å². The molecular weight excluding hydrogens is 348 g/mol. The third-order valence-corrected chi connectivity index (χ3v) is 6.55. The summed E-state index contributed by atoms with van der Waals surface area (Å²) in [4.78, 5) is 32.9. The smallest absolute Gasteiger partial charge is 0.239 e. The lowest BCUT2D eigenvalue weighted by atomic mass is 9.55. The van der Waals surface area contributed by atoms with Crippen molar-refractivity contribution in [3.8, 4) is 0 Å². The molecule has 3 aromatic rings. The average molecular weight is 366 g/mol. The highest BCUT2D eigenvalue weighted by atomic mass is 16.2. The SMILES string of the molecule is Cc1cccc(N2C(=O)[C@H]3C4c5ccccc5C(c5ccccc54)[C@@H]3C2=O)n1. The van der Waals surface area contributed by atoms with Gasteiger partial charge >= 0.3 is 0 Å². The number of carbonyl (C=O) groups is 2. The van der Waals surface area contributed by atoms with E-state index in [0.717, 1.165) is 5.69 Å². The molecule has 4 heteroatoms. The van der Waals surface area contributed by atoms with Crippen LogP contribution in [0.25, 0.3) is 0 Å². The Bertz CT molecular complexity index is 1050. The van der Waals surface area contributed by atoms with Gasteiger partial charge in [-0.05, 0) is 41.3 Å². The number of benzene rings is 2. The van der Waals surface area contributed by atoms with E-state index < -0.39 is 0 Å². The highest BCUT2D eigenvalue weighted by molar-refractivity contribution is 6.23. The molecule has 2 heterocycles. The molecule has 1 saturated heterocycles. The van der Waals surface area contributed by atoms with Crippen LogP contribution >= 0.6 is 0 Å². The van der Waals surface area contributed by atoms with Crippen LogP contribution in [0.3, 0.4) is 0 Å². The maximum atomic E-state index is 13.5. The first-order valence-electron chi connectivity index (χ1n) is 9.66. The summed E-state index contributed by atoms with van der Waals surface area (Å²) in [5.41, 5.74) is 5.54. The van der Waals surface area contributed by atoms with Crippen molar-refractivity contribution >= 4 is 17.6 Å². The van der Waals surface area contributed by atoms with E-state index >= 15 is 0 Å². The number of aromatic nitrogens is 1. The molecule has 28 heavy (non-hydrogen) atoms. The zero-order chi connectivity index (χ0) is 19.0. The third-order valence-electron chi connectivity index (χ3n) is 6.55. The first kappa shape index (κ1) is 15.8. The van der Waals surface area contributed by atoms with E-state index in [1.54, 1.807) is 6.07 Å². The number of carbonyl (C=O) groups excluding carboxylic acids is 2. The summed E-state index contributed by atoms with van der Waals surface area (Å²) in [6.45, 7) is 1.87. The average Bonchev–Trinajstić information content (AvgIpc) is 2.99. The lowest BCUT2D eigenvalue weighted by Gasteiger charge is -2.45. The monoisotopic (exact) mass is 366 g/mol. The Labute approximate surface area is 162 Å². The Balaban J connectivity index is 1.58. The Hall–Kier alpha value is -3.27. The molecular formula is C24H18N2O2. The molecule has 2 amide bonds. The number of hydrogen-bond acceptors (Lipinski definition) is 3. The molecule has 1 aromatic heterocycles. The molecule has 3 aliphatic carbocycles. The van der Waals surface area contributed by atoms with Gasteiger partial charge in [-0.1, -0.05) is 54.6 Å². The molecule has 0 spiro atoms. The fourth-order valence-corrected chi connectivity index (χ4v) is 5.56. The molecule has 1 aliphatic heterocycles. The number of anilines is 1. The second kappa shape index (κ2) is 5.38. The third kappa shape index (κ3) is 1.82. The molecule has 1 fully saturated rings. The summed E-state index contributed by atoms with van der Waals surface area (Å²) in [5, 5.41) is 0. The number of amides is 2. The standard InChI is InChI=1S/C24H18N2O2/c1-13-7-6-12-18(25-13)26-23(27)21-19-14-8-2-3-9-15(14)20(22(21)24(26)28)17-11-5-4-10-16(17)19/h2-12,19-22H,1H3/t19?,20?,21-,22-/m0/s1. The molecule has 0 N–H and O–H groups in total. The van der Waals surface area contributed by atoms with Gasteiger partial charge in [0.15, 0.2) is 0 Å². The molecule has 4 nitrogen and oxygen atoms in total. The van der Waals surface area contributed by atoms with Gasteiger partial charge in [-0.2, -0.15) is 0 Å². The van der Waals surface area contributed by atoms with Crippen molar-refractivity contribution in [2.24, 2.45) is 11.8 Å². The Morgan fingerprint density at radius 3 is 1.57 bits per heavy atom. The highest BCUT2D eigenvalue weighted by Crippen LogP contribution is 2.61. The largest absolute Gasteiger partial charge is 0.274 e. The van der Waals surface area contributed by atoms with Crippen LogP contribution in [0, 0.1) is 18.8 Å². The zero-order valence-corrected chi connectivity index (χ0v) is 15.4. The van der Waals surface area contributed by atoms with Crippen LogP contribution in [0.4, 0.5) is 5.82 Å². The molecule has 7 rings (SSSR count). The van der Waals surface area contributed by atoms with Gasteiger partial charge in [-0.25, -0.2) is 9.88 Å². The normalized spacial score (nSPS) is 26.8. The zero-order valence-electron chi connectivity index (χ0n) is 15.4. The minimum atomic E-state index is -0.357. The maximum absolute atomic E-state index is 13.5. The van der Waals surface area contributed by atoms with Gasteiger partial charge in [-0.15, -0.1) is 0 Å². The Kier molecular flexibility index (Phi) is 3.03. The van der Waals surface area contributed by atoms with Gasteiger partial charge in [0.25, 0.3) is 0 Å². The van der Waals surface area contributed by atoms with Gasteiger partial charge in [-0.3, -0.25) is 9.59 Å². The summed E-state index contributed by atoms with van der Waals surface area (Å²) in [5.74, 6) is -0.660. The molecule has 4 aliphatic rings.